The van der Waals surface area contributed by atoms with Crippen LogP contribution in [0, 0.1) is 6.92 Å². The number of ether oxygens (including phenoxy) is 1. The molecule has 4 aromatic rings. The van der Waals surface area contributed by atoms with E-state index in [1.807, 2.05) is 50.2 Å². The molecular formula is C35H33N3O5S. The minimum atomic E-state index is -0.541. The second-order valence-corrected chi connectivity index (χ2v) is 11.1. The van der Waals surface area contributed by atoms with Crippen molar-refractivity contribution in [2.45, 2.75) is 30.4 Å². The molecule has 9 heteroatoms. The third kappa shape index (κ3) is 8.68. The van der Waals surface area contributed by atoms with Gasteiger partial charge in [-0.25, -0.2) is 4.79 Å². The van der Waals surface area contributed by atoms with Gasteiger partial charge in [0.15, 0.2) is 0 Å². The second-order valence-electron chi connectivity index (χ2n) is 9.81. The topological polar surface area (TPSA) is 114 Å². The van der Waals surface area contributed by atoms with Crippen LogP contribution >= 0.6 is 11.8 Å². The summed E-state index contributed by atoms with van der Waals surface area (Å²) in [6.07, 6.45) is 2.14. The summed E-state index contributed by atoms with van der Waals surface area (Å²) >= 11 is 1.33. The van der Waals surface area contributed by atoms with Crippen LogP contribution in [0.4, 0.5) is 11.4 Å². The van der Waals surface area contributed by atoms with Crippen molar-refractivity contribution >= 4 is 52.9 Å². The van der Waals surface area contributed by atoms with Crippen LogP contribution in [-0.4, -0.2) is 36.1 Å². The Morgan fingerprint density at radius 2 is 1.55 bits per heavy atom. The Hall–Kier alpha value is -5.15. The van der Waals surface area contributed by atoms with Crippen LogP contribution in [-0.2, 0) is 14.3 Å². The summed E-state index contributed by atoms with van der Waals surface area (Å²) in [6.45, 7) is 3.87. The van der Waals surface area contributed by atoms with E-state index < -0.39 is 23.0 Å². The van der Waals surface area contributed by atoms with Crippen molar-refractivity contribution in [3.63, 3.8) is 0 Å². The molecule has 0 bridgehead atoms. The van der Waals surface area contributed by atoms with Crippen molar-refractivity contribution in [1.29, 1.82) is 0 Å². The lowest BCUT2D eigenvalue weighted by molar-refractivity contribution is -0.116. The number of methoxy groups -OCH3 is 1. The van der Waals surface area contributed by atoms with Crippen LogP contribution in [0.5, 0.6) is 0 Å². The smallest absolute Gasteiger partial charge is 0.339 e. The van der Waals surface area contributed by atoms with E-state index in [0.717, 1.165) is 16.0 Å². The molecule has 224 valence electrons. The van der Waals surface area contributed by atoms with Gasteiger partial charge in [0, 0.05) is 16.1 Å². The summed E-state index contributed by atoms with van der Waals surface area (Å²) in [7, 11) is 1.29. The lowest BCUT2D eigenvalue weighted by atomic mass is 10.1. The molecule has 0 saturated heterocycles. The summed E-state index contributed by atoms with van der Waals surface area (Å²) in [6, 6.07) is 30.0. The molecule has 8 nitrogen and oxygen atoms in total. The van der Waals surface area contributed by atoms with Crippen molar-refractivity contribution < 1.29 is 23.9 Å². The van der Waals surface area contributed by atoms with Gasteiger partial charge in [-0.1, -0.05) is 73.2 Å². The number of carbonyl (C=O) groups excluding carboxylic acids is 4. The average Bonchev–Trinajstić information content (AvgIpc) is 3.04. The number of esters is 1. The van der Waals surface area contributed by atoms with Crippen LogP contribution < -0.4 is 16.0 Å². The minimum absolute atomic E-state index is 0.0795. The Bertz CT molecular complexity index is 1670. The first kappa shape index (κ1) is 31.8. The van der Waals surface area contributed by atoms with E-state index in [9.17, 15) is 19.2 Å². The molecule has 1 atom stereocenters. The number of amides is 3. The van der Waals surface area contributed by atoms with Crippen LogP contribution in [0.3, 0.4) is 0 Å². The van der Waals surface area contributed by atoms with Crippen LogP contribution in [0.1, 0.15) is 45.2 Å². The normalized spacial score (nSPS) is 11.7. The largest absolute Gasteiger partial charge is 0.465 e. The van der Waals surface area contributed by atoms with Crippen molar-refractivity contribution in [2.75, 3.05) is 17.7 Å². The SMILES string of the molecule is CCC(Sc1cccc(NC(=O)/C(=C\c2ccc(C)cc2)NC(=O)c2ccccc2)c1)C(=O)Nc1ccccc1C(=O)OC. The average molecular weight is 608 g/mol. The lowest BCUT2D eigenvalue weighted by Gasteiger charge is -2.17. The Balaban J connectivity index is 1.50. The van der Waals surface area contributed by atoms with E-state index in [1.54, 1.807) is 72.8 Å². The molecule has 3 amide bonds. The number of thioether (sulfide) groups is 1. The van der Waals surface area contributed by atoms with Gasteiger partial charge in [-0.05, 0) is 67.4 Å². The fraction of sp³-hybridized carbons (Fsp3) is 0.143. The summed E-state index contributed by atoms with van der Waals surface area (Å²) in [5, 5.41) is 7.98. The van der Waals surface area contributed by atoms with E-state index in [2.05, 4.69) is 16.0 Å². The summed E-state index contributed by atoms with van der Waals surface area (Å²) in [4.78, 5) is 52.5. The molecule has 4 aromatic carbocycles. The molecule has 0 spiro atoms. The fourth-order valence-electron chi connectivity index (χ4n) is 4.20. The van der Waals surface area contributed by atoms with Crippen LogP contribution in [0.15, 0.2) is 114 Å². The molecule has 1 unspecified atom stereocenters. The summed E-state index contributed by atoms with van der Waals surface area (Å²) in [5.41, 5.74) is 3.46. The van der Waals surface area contributed by atoms with Gasteiger partial charge < -0.3 is 20.7 Å². The number of para-hydroxylation sites is 1. The third-order valence-electron chi connectivity index (χ3n) is 6.54. The van der Waals surface area contributed by atoms with E-state index in [4.69, 9.17) is 4.74 Å². The van der Waals surface area contributed by atoms with Gasteiger partial charge in [-0.2, -0.15) is 0 Å². The maximum absolute atomic E-state index is 13.5. The van der Waals surface area contributed by atoms with Gasteiger partial charge in [0.05, 0.1) is 23.6 Å². The molecule has 0 saturated carbocycles. The molecular weight excluding hydrogens is 574 g/mol. The Morgan fingerprint density at radius 1 is 0.841 bits per heavy atom. The Morgan fingerprint density at radius 3 is 2.25 bits per heavy atom. The first-order valence-electron chi connectivity index (χ1n) is 14.0. The van der Waals surface area contributed by atoms with E-state index in [1.165, 1.54) is 18.9 Å². The van der Waals surface area contributed by atoms with E-state index >= 15 is 0 Å². The highest BCUT2D eigenvalue weighted by atomic mass is 32.2. The number of hydrogen-bond acceptors (Lipinski definition) is 6. The van der Waals surface area contributed by atoms with E-state index in [-0.39, 0.29) is 17.2 Å². The number of aryl methyl sites for hydroxylation is 1. The van der Waals surface area contributed by atoms with Gasteiger partial charge >= 0.3 is 5.97 Å². The third-order valence-corrected chi connectivity index (χ3v) is 7.90. The Labute approximate surface area is 260 Å². The number of anilines is 2. The number of carbonyl (C=O) groups is 4. The predicted octanol–water partition coefficient (Wildman–Crippen LogP) is 6.70. The molecule has 0 aliphatic carbocycles. The zero-order valence-electron chi connectivity index (χ0n) is 24.6. The maximum atomic E-state index is 13.5. The summed E-state index contributed by atoms with van der Waals surface area (Å²) in [5.74, 6) is -1.72. The van der Waals surface area contributed by atoms with Crippen molar-refractivity contribution in [2.24, 2.45) is 0 Å². The molecule has 0 aliphatic rings. The highest BCUT2D eigenvalue weighted by molar-refractivity contribution is 8.00. The van der Waals surface area contributed by atoms with Crippen molar-refractivity contribution in [1.82, 2.24) is 5.32 Å². The van der Waals surface area contributed by atoms with Gasteiger partial charge in [0.2, 0.25) is 5.91 Å². The van der Waals surface area contributed by atoms with Crippen molar-refractivity contribution in [3.8, 4) is 0 Å². The molecule has 0 aliphatic heterocycles. The van der Waals surface area contributed by atoms with Crippen LogP contribution in [0.25, 0.3) is 6.08 Å². The standard InChI is InChI=1S/C35H33N3O5S/c1-4-31(34(41)37-29-16-9-8-15-28(29)35(42)43-3)44-27-14-10-13-26(22-27)36-33(40)30(21-24-19-17-23(2)18-20-24)38-32(39)25-11-6-5-7-12-25/h5-22,31H,4H2,1-3H3,(H,36,40)(H,37,41)(H,38,39)/b30-21+. The zero-order chi connectivity index (χ0) is 31.5. The molecule has 44 heavy (non-hydrogen) atoms. The zero-order valence-corrected chi connectivity index (χ0v) is 25.4. The summed E-state index contributed by atoms with van der Waals surface area (Å²) < 4.78 is 4.83. The van der Waals surface area contributed by atoms with Gasteiger partial charge in [-0.3, -0.25) is 14.4 Å². The fourth-order valence-corrected chi connectivity index (χ4v) is 5.21. The van der Waals surface area contributed by atoms with Gasteiger partial charge in [-0.15, -0.1) is 11.8 Å². The highest BCUT2D eigenvalue weighted by Crippen LogP contribution is 2.29. The predicted molar refractivity (Wildman–Crippen MR) is 174 cm³/mol. The monoisotopic (exact) mass is 607 g/mol. The number of benzene rings is 4. The molecule has 0 heterocycles. The lowest BCUT2D eigenvalue weighted by Crippen LogP contribution is -2.30. The quantitative estimate of drug-likeness (QED) is 0.0994. The van der Waals surface area contributed by atoms with Gasteiger partial charge in [0.25, 0.3) is 11.8 Å². The Kier molecular flexibility index (Phi) is 11.1. The minimum Gasteiger partial charge on any atom is -0.465 e. The highest BCUT2D eigenvalue weighted by Gasteiger charge is 2.21. The maximum Gasteiger partial charge on any atom is 0.339 e. The molecule has 0 fully saturated rings. The molecule has 0 aromatic heterocycles. The number of rotatable bonds is 11. The second kappa shape index (κ2) is 15.4. The molecule has 0 radical (unpaired) electrons. The molecule has 3 N–H and O–H groups in total. The van der Waals surface area contributed by atoms with Crippen LogP contribution in [0.2, 0.25) is 0 Å². The number of hydrogen-bond donors (Lipinski definition) is 3. The van der Waals surface area contributed by atoms with E-state index in [0.29, 0.717) is 23.4 Å². The first-order chi connectivity index (χ1) is 21.3. The first-order valence-corrected chi connectivity index (χ1v) is 14.9. The van der Waals surface area contributed by atoms with Crippen molar-refractivity contribution in [3.05, 3.63) is 131 Å². The number of nitrogens with one attached hydrogen (secondary N) is 3. The molecule has 4 rings (SSSR count). The van der Waals surface area contributed by atoms with Gasteiger partial charge in [0.1, 0.15) is 5.70 Å².